The van der Waals surface area contributed by atoms with Crippen LogP contribution < -0.4 is 10.2 Å². The molecule has 1 fully saturated rings. The highest BCUT2D eigenvalue weighted by Crippen LogP contribution is 2.22. The van der Waals surface area contributed by atoms with Crippen LogP contribution in [0.3, 0.4) is 0 Å². The maximum atomic E-state index is 12.3. The summed E-state index contributed by atoms with van der Waals surface area (Å²) in [5.74, 6) is 0.645. The number of amides is 1. The van der Waals surface area contributed by atoms with E-state index in [0.717, 1.165) is 41.9 Å². The zero-order valence-electron chi connectivity index (χ0n) is 13.3. The van der Waals surface area contributed by atoms with Crippen LogP contribution in [-0.2, 0) is 0 Å². The number of nitriles is 1. The van der Waals surface area contributed by atoms with Crippen molar-refractivity contribution in [3.05, 3.63) is 45.8 Å². The SMILES string of the molecule is Cc1[nH]c(C(=O)NC2CCN(c3ncccc3C#N)CC2)cc1Br. The Morgan fingerprint density at radius 1 is 1.50 bits per heavy atom. The summed E-state index contributed by atoms with van der Waals surface area (Å²) in [6, 6.07) is 7.66. The second-order valence-corrected chi connectivity index (χ2v) is 6.73. The van der Waals surface area contributed by atoms with Gasteiger partial charge in [-0.1, -0.05) is 0 Å². The number of aromatic amines is 1. The zero-order chi connectivity index (χ0) is 17.1. The summed E-state index contributed by atoms with van der Waals surface area (Å²) in [5.41, 5.74) is 2.10. The first-order chi connectivity index (χ1) is 11.6. The summed E-state index contributed by atoms with van der Waals surface area (Å²) >= 11 is 3.41. The van der Waals surface area contributed by atoms with Gasteiger partial charge in [0, 0.05) is 35.5 Å². The number of nitrogens with zero attached hydrogens (tertiary/aromatic N) is 3. The molecule has 0 spiro atoms. The number of pyridine rings is 1. The Kier molecular flexibility index (Phi) is 4.86. The number of carbonyl (C=O) groups excluding carboxylic acids is 1. The number of anilines is 1. The van der Waals surface area contributed by atoms with Crippen LogP contribution in [0.5, 0.6) is 0 Å². The number of nitrogens with one attached hydrogen (secondary N) is 2. The predicted molar refractivity (Wildman–Crippen MR) is 94.9 cm³/mol. The average molecular weight is 388 g/mol. The number of carbonyl (C=O) groups is 1. The topological polar surface area (TPSA) is 84.8 Å². The van der Waals surface area contributed by atoms with Gasteiger partial charge in [-0.15, -0.1) is 0 Å². The molecule has 2 aromatic rings. The first-order valence-corrected chi connectivity index (χ1v) is 8.64. The summed E-state index contributed by atoms with van der Waals surface area (Å²) in [5, 5.41) is 12.3. The lowest BCUT2D eigenvalue weighted by molar-refractivity contribution is 0.0926. The molecule has 1 aliphatic heterocycles. The molecule has 1 saturated heterocycles. The van der Waals surface area contributed by atoms with Crippen molar-refractivity contribution >= 4 is 27.7 Å². The van der Waals surface area contributed by atoms with E-state index in [2.05, 4.69) is 42.2 Å². The molecule has 1 amide bonds. The van der Waals surface area contributed by atoms with Crippen LogP contribution in [0.2, 0.25) is 0 Å². The van der Waals surface area contributed by atoms with Crippen LogP contribution in [0, 0.1) is 18.3 Å². The molecule has 0 bridgehead atoms. The summed E-state index contributed by atoms with van der Waals surface area (Å²) in [4.78, 5) is 21.8. The molecule has 24 heavy (non-hydrogen) atoms. The fraction of sp³-hybridized carbons (Fsp3) is 0.353. The first-order valence-electron chi connectivity index (χ1n) is 7.84. The highest BCUT2D eigenvalue weighted by atomic mass is 79.9. The molecule has 0 unspecified atom stereocenters. The van der Waals surface area contributed by atoms with Crippen LogP contribution in [-0.4, -0.2) is 35.0 Å². The molecule has 2 aromatic heterocycles. The van der Waals surface area contributed by atoms with Crippen LogP contribution >= 0.6 is 15.9 Å². The van der Waals surface area contributed by atoms with E-state index in [1.54, 1.807) is 24.4 Å². The molecule has 6 nitrogen and oxygen atoms in total. The lowest BCUT2D eigenvalue weighted by Crippen LogP contribution is -2.45. The third-order valence-electron chi connectivity index (χ3n) is 4.23. The Morgan fingerprint density at radius 3 is 2.88 bits per heavy atom. The van der Waals surface area contributed by atoms with Gasteiger partial charge in [0.1, 0.15) is 17.6 Å². The number of aromatic nitrogens is 2. The van der Waals surface area contributed by atoms with E-state index in [-0.39, 0.29) is 11.9 Å². The highest BCUT2D eigenvalue weighted by molar-refractivity contribution is 9.10. The normalized spacial score (nSPS) is 15.1. The van der Waals surface area contributed by atoms with Gasteiger partial charge in [-0.3, -0.25) is 4.79 Å². The van der Waals surface area contributed by atoms with Gasteiger partial charge in [-0.25, -0.2) is 4.98 Å². The molecular weight excluding hydrogens is 370 g/mol. The van der Waals surface area contributed by atoms with Crippen molar-refractivity contribution in [2.45, 2.75) is 25.8 Å². The molecule has 3 heterocycles. The van der Waals surface area contributed by atoms with Gasteiger partial charge >= 0.3 is 0 Å². The average Bonchev–Trinajstić information content (AvgIpc) is 2.95. The second-order valence-electron chi connectivity index (χ2n) is 5.88. The molecule has 3 rings (SSSR count). The van der Waals surface area contributed by atoms with Gasteiger partial charge in [0.15, 0.2) is 0 Å². The maximum Gasteiger partial charge on any atom is 0.267 e. The smallest absolute Gasteiger partial charge is 0.267 e. The van der Waals surface area contributed by atoms with Crippen molar-refractivity contribution in [2.75, 3.05) is 18.0 Å². The Hall–Kier alpha value is -2.33. The summed E-state index contributed by atoms with van der Waals surface area (Å²) in [6.45, 7) is 3.45. The number of H-pyrrole nitrogens is 1. The monoisotopic (exact) mass is 387 g/mol. The van der Waals surface area contributed by atoms with Crippen LogP contribution in [0.25, 0.3) is 0 Å². The number of piperidine rings is 1. The standard InChI is InChI=1S/C17H18BrN5O/c1-11-14(18)9-15(21-11)17(24)22-13-4-7-23(8-5-13)16-12(10-19)3-2-6-20-16/h2-3,6,9,13,21H,4-5,7-8H2,1H3,(H,22,24). The fourth-order valence-electron chi connectivity index (χ4n) is 2.89. The Morgan fingerprint density at radius 2 is 2.25 bits per heavy atom. The molecule has 0 radical (unpaired) electrons. The molecule has 0 saturated carbocycles. The Bertz CT molecular complexity index is 767. The van der Waals surface area contributed by atoms with E-state index in [1.165, 1.54) is 0 Å². The van der Waals surface area contributed by atoms with Gasteiger partial charge in [-0.05, 0) is 53.9 Å². The van der Waals surface area contributed by atoms with Gasteiger partial charge in [0.05, 0.1) is 5.56 Å². The Labute approximate surface area is 149 Å². The van der Waals surface area contributed by atoms with Crippen LogP contribution in [0.15, 0.2) is 28.9 Å². The largest absolute Gasteiger partial charge is 0.355 e. The molecule has 2 N–H and O–H groups in total. The van der Waals surface area contributed by atoms with Crippen molar-refractivity contribution in [3.63, 3.8) is 0 Å². The zero-order valence-corrected chi connectivity index (χ0v) is 14.9. The van der Waals surface area contributed by atoms with E-state index in [1.807, 2.05) is 6.92 Å². The minimum absolute atomic E-state index is 0.0854. The minimum atomic E-state index is -0.0854. The van der Waals surface area contributed by atoms with Gasteiger partial charge in [-0.2, -0.15) is 5.26 Å². The lowest BCUT2D eigenvalue weighted by atomic mass is 10.0. The van der Waals surface area contributed by atoms with Crippen LogP contribution in [0.4, 0.5) is 5.82 Å². The lowest BCUT2D eigenvalue weighted by Gasteiger charge is -2.33. The van der Waals surface area contributed by atoms with Crippen molar-refractivity contribution in [1.82, 2.24) is 15.3 Å². The predicted octanol–water partition coefficient (Wildman–Crippen LogP) is 2.75. The number of aryl methyl sites for hydroxylation is 1. The number of hydrogen-bond donors (Lipinski definition) is 2. The van der Waals surface area contributed by atoms with E-state index in [4.69, 9.17) is 0 Å². The quantitative estimate of drug-likeness (QED) is 0.847. The van der Waals surface area contributed by atoms with E-state index in [0.29, 0.717) is 11.3 Å². The third kappa shape index (κ3) is 3.44. The minimum Gasteiger partial charge on any atom is -0.355 e. The summed E-state index contributed by atoms with van der Waals surface area (Å²) < 4.78 is 0.904. The van der Waals surface area contributed by atoms with Crippen LogP contribution in [0.1, 0.15) is 34.6 Å². The van der Waals surface area contributed by atoms with Crippen molar-refractivity contribution in [3.8, 4) is 6.07 Å². The van der Waals surface area contributed by atoms with Crippen molar-refractivity contribution in [1.29, 1.82) is 5.26 Å². The van der Waals surface area contributed by atoms with Gasteiger partial charge in [0.25, 0.3) is 5.91 Å². The van der Waals surface area contributed by atoms with E-state index >= 15 is 0 Å². The van der Waals surface area contributed by atoms with E-state index in [9.17, 15) is 10.1 Å². The first kappa shape index (κ1) is 16.5. The molecule has 0 atom stereocenters. The Balaban J connectivity index is 1.59. The number of halogens is 1. The molecule has 0 aromatic carbocycles. The maximum absolute atomic E-state index is 12.3. The second kappa shape index (κ2) is 7.05. The van der Waals surface area contributed by atoms with Gasteiger partial charge in [0.2, 0.25) is 0 Å². The molecule has 124 valence electrons. The third-order valence-corrected chi connectivity index (χ3v) is 5.06. The molecule has 7 heteroatoms. The fourth-order valence-corrected chi connectivity index (χ4v) is 3.22. The number of rotatable bonds is 3. The van der Waals surface area contributed by atoms with E-state index < -0.39 is 0 Å². The summed E-state index contributed by atoms with van der Waals surface area (Å²) in [6.07, 6.45) is 3.36. The summed E-state index contributed by atoms with van der Waals surface area (Å²) in [7, 11) is 0. The molecular formula is C17H18BrN5O. The molecule has 0 aliphatic carbocycles. The molecule has 1 aliphatic rings. The van der Waals surface area contributed by atoms with Gasteiger partial charge < -0.3 is 15.2 Å². The number of hydrogen-bond acceptors (Lipinski definition) is 4. The highest BCUT2D eigenvalue weighted by Gasteiger charge is 2.23. The van der Waals surface area contributed by atoms with Crippen molar-refractivity contribution < 1.29 is 4.79 Å². The van der Waals surface area contributed by atoms with Crippen molar-refractivity contribution in [2.24, 2.45) is 0 Å².